The van der Waals surface area contributed by atoms with E-state index in [-0.39, 0.29) is 5.69 Å². The van der Waals surface area contributed by atoms with Gasteiger partial charge in [0.1, 0.15) is 12.4 Å². The van der Waals surface area contributed by atoms with E-state index in [1.165, 1.54) is 6.07 Å². The van der Waals surface area contributed by atoms with Crippen molar-refractivity contribution in [1.29, 1.82) is 0 Å². The number of ether oxygens (including phenoxy) is 1. The maximum Gasteiger partial charge on any atom is 0.229 e. The van der Waals surface area contributed by atoms with E-state index in [1.807, 2.05) is 30.3 Å². The van der Waals surface area contributed by atoms with E-state index in [4.69, 9.17) is 10.5 Å². The number of sulfonamides is 1. The van der Waals surface area contributed by atoms with Gasteiger partial charge in [0.25, 0.3) is 0 Å². The number of nitrogens with one attached hydrogen (secondary N) is 1. The molecule has 2 atom stereocenters. The van der Waals surface area contributed by atoms with Crippen molar-refractivity contribution in [1.82, 2.24) is 0 Å². The van der Waals surface area contributed by atoms with Crippen LogP contribution in [0.4, 0.5) is 5.69 Å². The SMILES string of the molecule is CC(N)C(O)c1ccc(OCc2ccccc2)c(NS(C)(=O)=O)c1. The standard InChI is InChI=1S/C17H22N2O4S/c1-12(18)17(20)14-8-9-16(15(10-14)19-24(2,21)22)23-11-13-6-4-3-5-7-13/h3-10,12,17,19-20H,11,18H2,1-2H3. The van der Waals surface area contributed by atoms with Crippen molar-refractivity contribution in [2.45, 2.75) is 25.7 Å². The van der Waals surface area contributed by atoms with Crippen molar-refractivity contribution in [2.75, 3.05) is 11.0 Å². The summed E-state index contributed by atoms with van der Waals surface area (Å²) in [6.45, 7) is 1.97. The Kier molecular flexibility index (Phi) is 5.82. The first-order valence-corrected chi connectivity index (χ1v) is 9.37. The predicted molar refractivity (Wildman–Crippen MR) is 94.3 cm³/mol. The lowest BCUT2D eigenvalue weighted by atomic mass is 10.0. The molecule has 0 heterocycles. The van der Waals surface area contributed by atoms with Gasteiger partial charge in [-0.25, -0.2) is 8.42 Å². The summed E-state index contributed by atoms with van der Waals surface area (Å²) in [6, 6.07) is 13.9. The first kappa shape index (κ1) is 18.3. The van der Waals surface area contributed by atoms with Crippen LogP contribution in [-0.4, -0.2) is 25.8 Å². The van der Waals surface area contributed by atoms with Gasteiger partial charge in [-0.05, 0) is 30.2 Å². The molecule has 2 unspecified atom stereocenters. The molecule has 2 aromatic carbocycles. The summed E-state index contributed by atoms with van der Waals surface area (Å²) < 4.78 is 31.3. The van der Waals surface area contributed by atoms with E-state index >= 15 is 0 Å². The molecule has 2 rings (SSSR count). The Balaban J connectivity index is 2.28. The van der Waals surface area contributed by atoms with Crippen LogP contribution in [0.5, 0.6) is 5.75 Å². The van der Waals surface area contributed by atoms with E-state index < -0.39 is 22.2 Å². The zero-order valence-electron chi connectivity index (χ0n) is 13.6. The Morgan fingerprint density at radius 2 is 1.88 bits per heavy atom. The van der Waals surface area contributed by atoms with Gasteiger partial charge in [0.05, 0.1) is 18.0 Å². The average molecular weight is 350 g/mol. The second-order valence-electron chi connectivity index (χ2n) is 5.71. The lowest BCUT2D eigenvalue weighted by molar-refractivity contribution is 0.153. The molecule has 0 radical (unpaired) electrons. The molecule has 0 aliphatic carbocycles. The molecule has 0 bridgehead atoms. The molecule has 0 saturated heterocycles. The van der Waals surface area contributed by atoms with Crippen molar-refractivity contribution in [3.63, 3.8) is 0 Å². The molecule has 0 spiro atoms. The molecule has 0 aliphatic heterocycles. The fourth-order valence-corrected chi connectivity index (χ4v) is 2.73. The van der Waals surface area contributed by atoms with Crippen LogP contribution in [0.2, 0.25) is 0 Å². The minimum Gasteiger partial charge on any atom is -0.487 e. The second kappa shape index (κ2) is 7.65. The number of aliphatic hydroxyl groups excluding tert-OH is 1. The number of anilines is 1. The Morgan fingerprint density at radius 3 is 2.46 bits per heavy atom. The molecule has 0 aromatic heterocycles. The molecule has 7 heteroatoms. The minimum absolute atomic E-state index is 0.269. The number of hydrogen-bond donors (Lipinski definition) is 3. The molecule has 0 saturated carbocycles. The normalized spacial score (nSPS) is 14.0. The first-order chi connectivity index (χ1) is 11.3. The Bertz CT molecular complexity index is 776. The van der Waals surface area contributed by atoms with Gasteiger partial charge < -0.3 is 15.6 Å². The van der Waals surface area contributed by atoms with Crippen molar-refractivity contribution in [3.05, 3.63) is 59.7 Å². The quantitative estimate of drug-likeness (QED) is 0.709. The molecular weight excluding hydrogens is 328 g/mol. The third kappa shape index (κ3) is 5.23. The Morgan fingerprint density at radius 1 is 1.21 bits per heavy atom. The van der Waals surface area contributed by atoms with Crippen LogP contribution < -0.4 is 15.2 Å². The lowest BCUT2D eigenvalue weighted by Gasteiger charge is -2.18. The van der Waals surface area contributed by atoms with E-state index in [2.05, 4.69) is 4.72 Å². The van der Waals surface area contributed by atoms with Crippen LogP contribution in [0, 0.1) is 0 Å². The van der Waals surface area contributed by atoms with Gasteiger partial charge in [0, 0.05) is 6.04 Å². The molecule has 0 aliphatic rings. The lowest BCUT2D eigenvalue weighted by Crippen LogP contribution is -2.24. The number of nitrogens with two attached hydrogens (primary N) is 1. The van der Waals surface area contributed by atoms with E-state index in [9.17, 15) is 13.5 Å². The topological polar surface area (TPSA) is 102 Å². The highest BCUT2D eigenvalue weighted by molar-refractivity contribution is 7.92. The zero-order chi connectivity index (χ0) is 17.7. The molecule has 0 amide bonds. The number of benzene rings is 2. The molecule has 130 valence electrons. The molecular formula is C17H22N2O4S. The molecule has 24 heavy (non-hydrogen) atoms. The van der Waals surface area contributed by atoms with Crippen molar-refractivity contribution in [3.8, 4) is 5.75 Å². The minimum atomic E-state index is -3.49. The first-order valence-electron chi connectivity index (χ1n) is 7.48. The fourth-order valence-electron chi connectivity index (χ4n) is 2.18. The van der Waals surface area contributed by atoms with Crippen LogP contribution in [0.1, 0.15) is 24.2 Å². The monoisotopic (exact) mass is 350 g/mol. The molecule has 4 N–H and O–H groups in total. The molecule has 0 fully saturated rings. The van der Waals surface area contributed by atoms with Gasteiger partial charge in [-0.3, -0.25) is 4.72 Å². The van der Waals surface area contributed by atoms with Gasteiger partial charge in [0.15, 0.2) is 0 Å². The van der Waals surface area contributed by atoms with E-state index in [0.29, 0.717) is 17.9 Å². The third-order valence-corrected chi connectivity index (χ3v) is 3.97. The Labute approximate surface area is 142 Å². The van der Waals surface area contributed by atoms with Crippen LogP contribution >= 0.6 is 0 Å². The second-order valence-corrected chi connectivity index (χ2v) is 7.46. The highest BCUT2D eigenvalue weighted by atomic mass is 32.2. The summed E-state index contributed by atoms with van der Waals surface area (Å²) in [5.74, 6) is 0.380. The smallest absolute Gasteiger partial charge is 0.229 e. The summed E-state index contributed by atoms with van der Waals surface area (Å²) in [7, 11) is -3.49. The average Bonchev–Trinajstić information content (AvgIpc) is 2.52. The maximum atomic E-state index is 11.6. The van der Waals surface area contributed by atoms with E-state index in [0.717, 1.165) is 11.8 Å². The van der Waals surface area contributed by atoms with Crippen molar-refractivity contribution in [2.24, 2.45) is 5.73 Å². The van der Waals surface area contributed by atoms with Crippen LogP contribution in [0.3, 0.4) is 0 Å². The number of rotatable bonds is 7. The highest BCUT2D eigenvalue weighted by Crippen LogP contribution is 2.30. The van der Waals surface area contributed by atoms with Gasteiger partial charge in [-0.15, -0.1) is 0 Å². The zero-order valence-corrected chi connectivity index (χ0v) is 14.5. The van der Waals surface area contributed by atoms with Gasteiger partial charge in [0.2, 0.25) is 10.0 Å². The van der Waals surface area contributed by atoms with Crippen LogP contribution in [-0.2, 0) is 16.6 Å². The van der Waals surface area contributed by atoms with Gasteiger partial charge in [-0.2, -0.15) is 0 Å². The van der Waals surface area contributed by atoms with Gasteiger partial charge in [-0.1, -0.05) is 36.4 Å². The number of aliphatic hydroxyl groups is 1. The summed E-state index contributed by atoms with van der Waals surface area (Å²) in [5.41, 5.74) is 7.44. The predicted octanol–water partition coefficient (Wildman–Crippen LogP) is 2.02. The summed E-state index contributed by atoms with van der Waals surface area (Å²) in [5, 5.41) is 10.1. The van der Waals surface area contributed by atoms with Crippen molar-refractivity contribution < 1.29 is 18.3 Å². The maximum absolute atomic E-state index is 11.6. The fraction of sp³-hybridized carbons (Fsp3) is 0.294. The van der Waals surface area contributed by atoms with E-state index in [1.54, 1.807) is 19.1 Å². The van der Waals surface area contributed by atoms with Crippen LogP contribution in [0.15, 0.2) is 48.5 Å². The van der Waals surface area contributed by atoms with Gasteiger partial charge >= 0.3 is 0 Å². The summed E-state index contributed by atoms with van der Waals surface area (Å²) >= 11 is 0. The molecule has 6 nitrogen and oxygen atoms in total. The summed E-state index contributed by atoms with van der Waals surface area (Å²) in [6.07, 6.45) is 0.163. The number of hydrogen-bond acceptors (Lipinski definition) is 5. The molecule has 2 aromatic rings. The van der Waals surface area contributed by atoms with Crippen molar-refractivity contribution >= 4 is 15.7 Å². The van der Waals surface area contributed by atoms with Crippen LogP contribution in [0.25, 0.3) is 0 Å². The third-order valence-electron chi connectivity index (χ3n) is 3.38. The highest BCUT2D eigenvalue weighted by Gasteiger charge is 2.16. The largest absolute Gasteiger partial charge is 0.487 e. The summed E-state index contributed by atoms with van der Waals surface area (Å²) in [4.78, 5) is 0. The Hall–Kier alpha value is -2.09.